The van der Waals surface area contributed by atoms with E-state index < -0.39 is 0 Å². The van der Waals surface area contributed by atoms with E-state index in [1.165, 1.54) is 28.1 Å². The van der Waals surface area contributed by atoms with Gasteiger partial charge in [-0.3, -0.25) is 0 Å². The number of hydrogen-bond donors (Lipinski definition) is 1. The molecule has 2 atom stereocenters. The number of likely N-dealkylation sites (N-methyl/N-ethyl adjacent to an activating group) is 1. The molecular formula is C20H22N2. The van der Waals surface area contributed by atoms with Gasteiger partial charge in [0.25, 0.3) is 0 Å². The Kier molecular flexibility index (Phi) is 2.83. The van der Waals surface area contributed by atoms with Crippen LogP contribution in [0, 0.1) is 0 Å². The van der Waals surface area contributed by atoms with E-state index in [4.69, 9.17) is 0 Å². The van der Waals surface area contributed by atoms with Crippen LogP contribution in [-0.2, 0) is 18.3 Å². The molecule has 0 aliphatic carbocycles. The molecule has 2 aliphatic rings. The van der Waals surface area contributed by atoms with Crippen molar-refractivity contribution in [2.75, 3.05) is 17.3 Å². The van der Waals surface area contributed by atoms with Crippen molar-refractivity contribution in [2.24, 2.45) is 0 Å². The molecule has 0 amide bonds. The van der Waals surface area contributed by atoms with Gasteiger partial charge in [0, 0.05) is 23.8 Å². The molecular weight excluding hydrogens is 268 g/mol. The summed E-state index contributed by atoms with van der Waals surface area (Å²) in [6.45, 7) is 6.24. The van der Waals surface area contributed by atoms with Crippen LogP contribution in [0.3, 0.4) is 0 Å². The summed E-state index contributed by atoms with van der Waals surface area (Å²) in [6.07, 6.45) is 4.31. The van der Waals surface area contributed by atoms with Crippen LogP contribution in [0.25, 0.3) is 0 Å². The first-order valence-electron chi connectivity index (χ1n) is 7.95. The number of rotatable bonds is 2. The molecule has 0 aromatic heterocycles. The number of fused-ring (bicyclic) bond motifs is 4. The number of benzene rings is 2. The van der Waals surface area contributed by atoms with E-state index in [2.05, 4.69) is 73.2 Å². The number of anilines is 2. The number of nitrogens with one attached hydrogen (secondary N) is 1. The van der Waals surface area contributed by atoms with Gasteiger partial charge in [-0.05, 0) is 41.7 Å². The minimum atomic E-state index is 0.116. The predicted octanol–water partition coefficient (Wildman–Crippen LogP) is 4.12. The smallest absolute Gasteiger partial charge is 0.109 e. The van der Waals surface area contributed by atoms with Crippen LogP contribution in [0.1, 0.15) is 23.6 Å². The van der Waals surface area contributed by atoms with Gasteiger partial charge >= 0.3 is 0 Å². The van der Waals surface area contributed by atoms with Gasteiger partial charge < -0.3 is 10.2 Å². The van der Waals surface area contributed by atoms with Crippen molar-refractivity contribution >= 4 is 11.4 Å². The minimum absolute atomic E-state index is 0.116. The fourth-order valence-corrected chi connectivity index (χ4v) is 4.20. The maximum absolute atomic E-state index is 3.85. The van der Waals surface area contributed by atoms with E-state index >= 15 is 0 Å². The lowest BCUT2D eigenvalue weighted by atomic mass is 9.74. The van der Waals surface area contributed by atoms with Crippen LogP contribution in [0.15, 0.2) is 55.1 Å². The lowest BCUT2D eigenvalue weighted by Gasteiger charge is -2.41. The Hall–Kier alpha value is -2.22. The van der Waals surface area contributed by atoms with E-state index in [1.807, 2.05) is 6.08 Å². The van der Waals surface area contributed by atoms with Crippen LogP contribution < -0.4 is 10.2 Å². The van der Waals surface area contributed by atoms with Crippen molar-refractivity contribution in [3.8, 4) is 0 Å². The molecule has 2 nitrogen and oxygen atoms in total. The SMILES string of the molecule is C=CCc1ccc2c(c1)C[C@@]1(C)c3ccccc3N(C)[C@H]1N2. The zero-order valence-corrected chi connectivity index (χ0v) is 13.3. The Morgan fingerprint density at radius 3 is 2.95 bits per heavy atom. The highest BCUT2D eigenvalue weighted by Crippen LogP contribution is 2.49. The summed E-state index contributed by atoms with van der Waals surface area (Å²) in [5.41, 5.74) is 6.96. The third-order valence-electron chi connectivity index (χ3n) is 5.29. The molecule has 0 spiro atoms. The van der Waals surface area contributed by atoms with Crippen molar-refractivity contribution in [2.45, 2.75) is 31.3 Å². The Balaban J connectivity index is 1.81. The maximum atomic E-state index is 3.85. The lowest BCUT2D eigenvalue weighted by Crippen LogP contribution is -2.51. The first-order valence-corrected chi connectivity index (χ1v) is 7.95. The van der Waals surface area contributed by atoms with Gasteiger partial charge in [-0.1, -0.05) is 43.3 Å². The molecule has 22 heavy (non-hydrogen) atoms. The van der Waals surface area contributed by atoms with E-state index in [1.54, 1.807) is 0 Å². The second-order valence-electron chi connectivity index (χ2n) is 6.75. The van der Waals surface area contributed by atoms with Gasteiger partial charge in [-0.15, -0.1) is 6.58 Å². The monoisotopic (exact) mass is 290 g/mol. The molecule has 2 aliphatic heterocycles. The van der Waals surface area contributed by atoms with Gasteiger partial charge in [0.2, 0.25) is 0 Å². The average molecular weight is 290 g/mol. The van der Waals surface area contributed by atoms with Crippen LogP contribution in [0.2, 0.25) is 0 Å². The van der Waals surface area contributed by atoms with Crippen molar-refractivity contribution in [3.63, 3.8) is 0 Å². The van der Waals surface area contributed by atoms with Crippen LogP contribution >= 0.6 is 0 Å². The summed E-state index contributed by atoms with van der Waals surface area (Å²) in [5.74, 6) is 0. The van der Waals surface area contributed by atoms with Gasteiger partial charge in [0.1, 0.15) is 6.17 Å². The first kappa shape index (κ1) is 13.4. The second-order valence-corrected chi connectivity index (χ2v) is 6.75. The van der Waals surface area contributed by atoms with Gasteiger partial charge in [0.15, 0.2) is 0 Å². The summed E-state index contributed by atoms with van der Waals surface area (Å²) < 4.78 is 0. The van der Waals surface area contributed by atoms with Crippen LogP contribution in [0.4, 0.5) is 11.4 Å². The number of para-hydroxylation sites is 1. The Labute approximate surface area is 132 Å². The second kappa shape index (κ2) is 4.64. The fraction of sp³-hybridized carbons (Fsp3) is 0.300. The Morgan fingerprint density at radius 2 is 2.14 bits per heavy atom. The number of hydrogen-bond acceptors (Lipinski definition) is 2. The molecule has 2 heterocycles. The lowest BCUT2D eigenvalue weighted by molar-refractivity contribution is 0.405. The predicted molar refractivity (Wildman–Crippen MR) is 93.7 cm³/mol. The maximum Gasteiger partial charge on any atom is 0.109 e. The van der Waals surface area contributed by atoms with Crippen molar-refractivity contribution in [1.29, 1.82) is 0 Å². The molecule has 0 saturated carbocycles. The normalized spacial score (nSPS) is 25.0. The summed E-state index contributed by atoms with van der Waals surface area (Å²) in [5, 5.41) is 3.77. The highest BCUT2D eigenvalue weighted by Gasteiger charge is 2.48. The van der Waals surface area contributed by atoms with Crippen molar-refractivity contribution in [1.82, 2.24) is 0 Å². The minimum Gasteiger partial charge on any atom is -0.364 e. The molecule has 0 unspecified atom stereocenters. The highest BCUT2D eigenvalue weighted by atomic mass is 15.3. The topological polar surface area (TPSA) is 15.3 Å². The zero-order valence-electron chi connectivity index (χ0n) is 13.3. The van der Waals surface area contributed by atoms with E-state index in [9.17, 15) is 0 Å². The average Bonchev–Trinajstić information content (AvgIpc) is 2.74. The fourth-order valence-electron chi connectivity index (χ4n) is 4.20. The molecule has 2 aromatic rings. The zero-order chi connectivity index (χ0) is 15.3. The van der Waals surface area contributed by atoms with Crippen molar-refractivity contribution < 1.29 is 0 Å². The third kappa shape index (κ3) is 1.73. The number of nitrogens with zero attached hydrogens (tertiary/aromatic N) is 1. The van der Waals surface area contributed by atoms with Gasteiger partial charge in [-0.2, -0.15) is 0 Å². The Morgan fingerprint density at radius 1 is 1.32 bits per heavy atom. The molecule has 2 heteroatoms. The highest BCUT2D eigenvalue weighted by molar-refractivity contribution is 5.70. The van der Waals surface area contributed by atoms with Gasteiger partial charge in [-0.25, -0.2) is 0 Å². The third-order valence-corrected chi connectivity index (χ3v) is 5.29. The first-order chi connectivity index (χ1) is 10.6. The molecule has 0 fully saturated rings. The van der Waals surface area contributed by atoms with Crippen molar-refractivity contribution in [3.05, 3.63) is 71.8 Å². The molecule has 2 aromatic carbocycles. The van der Waals surface area contributed by atoms with E-state index in [0.717, 1.165) is 12.8 Å². The van der Waals surface area contributed by atoms with E-state index in [-0.39, 0.29) is 5.41 Å². The molecule has 112 valence electrons. The largest absolute Gasteiger partial charge is 0.364 e. The van der Waals surface area contributed by atoms with Crippen LogP contribution in [0.5, 0.6) is 0 Å². The van der Waals surface area contributed by atoms with Crippen LogP contribution in [-0.4, -0.2) is 13.2 Å². The standard InChI is InChI=1S/C20H22N2/c1-4-7-14-10-11-17-15(12-14)13-20(2)16-8-5-6-9-18(16)22(3)19(20)21-17/h4-6,8-12,19,21H,1,7,13H2,2-3H3/t19-,20+/m1/s1. The summed E-state index contributed by atoms with van der Waals surface area (Å²) in [7, 11) is 2.19. The number of allylic oxidation sites excluding steroid dienone is 1. The Bertz CT molecular complexity index is 749. The molecule has 1 N–H and O–H groups in total. The molecule has 0 radical (unpaired) electrons. The summed E-state index contributed by atoms with van der Waals surface area (Å²) >= 11 is 0. The summed E-state index contributed by atoms with van der Waals surface area (Å²) in [4.78, 5) is 2.38. The molecule has 0 bridgehead atoms. The van der Waals surface area contributed by atoms with E-state index in [0.29, 0.717) is 6.17 Å². The molecule has 0 saturated heterocycles. The van der Waals surface area contributed by atoms with Gasteiger partial charge in [0.05, 0.1) is 0 Å². The molecule has 4 rings (SSSR count). The summed E-state index contributed by atoms with van der Waals surface area (Å²) in [6, 6.07) is 15.6. The quantitative estimate of drug-likeness (QED) is 0.837.